The summed E-state index contributed by atoms with van der Waals surface area (Å²) in [7, 11) is 0. The fourth-order valence-electron chi connectivity index (χ4n) is 20.4. The van der Waals surface area contributed by atoms with Crippen LogP contribution in [0.1, 0.15) is 267 Å². The van der Waals surface area contributed by atoms with Crippen LogP contribution in [0.5, 0.6) is 0 Å². The summed E-state index contributed by atoms with van der Waals surface area (Å²) >= 11 is 0. The van der Waals surface area contributed by atoms with Gasteiger partial charge in [0.25, 0.3) is 0 Å². The first kappa shape index (κ1) is 128. The Morgan fingerprint density at radius 3 is 0.919 bits per heavy atom. The molecule has 0 radical (unpaired) electrons. The van der Waals surface area contributed by atoms with Crippen LogP contribution in [-0.2, 0) is 99.6 Å². The van der Waals surface area contributed by atoms with E-state index >= 15 is 0 Å². The highest BCUT2D eigenvalue weighted by Crippen LogP contribution is 2.43. The van der Waals surface area contributed by atoms with Gasteiger partial charge in [-0.1, -0.05) is 219 Å². The molecule has 0 aliphatic carbocycles. The molecule has 47 atom stereocenters. The number of nitrogens with one attached hydrogen (secondary N) is 3. The monoisotopic (exact) mass is 2140 g/mol. The van der Waals surface area contributed by atoms with Crippen molar-refractivity contribution in [3.05, 3.63) is 12.2 Å². The van der Waals surface area contributed by atoms with E-state index < -0.39 is 346 Å². The number of allylic oxidation sites excluding steroid dienone is 1. The van der Waals surface area contributed by atoms with Crippen LogP contribution in [0.15, 0.2) is 12.2 Å². The lowest BCUT2D eigenvalue weighted by atomic mass is 9.93. The summed E-state index contributed by atoms with van der Waals surface area (Å²) in [6.07, 6.45) is -47.1. The summed E-state index contributed by atoms with van der Waals surface area (Å²) in [5.74, 6) is -2.41. The standard InChI is InChI=1S/C100H179N3O45/c1-8-10-12-14-16-18-20-22-23-24-25-26-27-28-29-31-33-35-37-39-41-43-64(113)103-56(57(112)42-40-38-36-34-32-30-21-19-17-15-13-11-9-2)50-131-94-81(128)77(124)84(61(47-107)140-94)141-98-82(129)89(71(118)59(45-105)135-98)146-92-65(101-54(6)110)87(85(62(48-108)138-92)142-95-78(125)73(120)67(114)51(3)132-95)145-99-83(130)90(72(119)60(46-106)136-99)147-93-66(102-55(7)111)88(144-96-79(126)74(121)68(115)52(4)133-96)86(63(49-109)139-93)143-100-91(76(123)70(117)58(44-104)137-100)148-97-80(127)75(122)69(116)53(5)134-97/h40,42,51-53,56-63,65-100,104-109,112,114-130H,8-39,41,43-50H2,1-7H3,(H,101,110)(H,102,111)(H,103,113)/b42-40+/t51?,52?,53?,56-,57+,58?,59?,60?,61?,62?,63?,65?,66?,67+,68+,69+,70-,71-,72-,73?,74?,75?,76-,77+,78-,79-,80-,81?,82?,83?,84+,85+,86+,87+,88+,89-,90-,91?,92-,93-,94+,95+,96+,97+,98-,99-,100-/m0/s1. The second-order valence-corrected chi connectivity index (χ2v) is 41.2. The molecule has 9 heterocycles. The van der Waals surface area contributed by atoms with Gasteiger partial charge >= 0.3 is 0 Å². The zero-order chi connectivity index (χ0) is 108. The summed E-state index contributed by atoms with van der Waals surface area (Å²) in [5, 5.41) is 283. The molecule has 48 heteroatoms. The fourth-order valence-corrected chi connectivity index (χ4v) is 20.4. The van der Waals surface area contributed by atoms with Gasteiger partial charge < -0.3 is 224 Å². The Bertz CT molecular complexity index is 3670. The molecule has 3 amide bonds. The van der Waals surface area contributed by atoms with Gasteiger partial charge in [-0.15, -0.1) is 0 Å². The smallest absolute Gasteiger partial charge is 0.220 e. The molecule has 0 saturated carbocycles. The first-order valence-electron chi connectivity index (χ1n) is 54.1. The molecule has 9 aliphatic heterocycles. The summed E-state index contributed by atoms with van der Waals surface area (Å²) in [6.45, 7) is 2.69. The maximum atomic E-state index is 13.9. The minimum absolute atomic E-state index is 0.129. The molecule has 9 saturated heterocycles. The minimum atomic E-state index is -2.55. The largest absolute Gasteiger partial charge is 0.394 e. The first-order valence-corrected chi connectivity index (χ1v) is 54.1. The zero-order valence-electron chi connectivity index (χ0n) is 86.6. The van der Waals surface area contributed by atoms with Gasteiger partial charge in [0.2, 0.25) is 17.7 Å². The van der Waals surface area contributed by atoms with Crippen molar-refractivity contribution in [2.75, 3.05) is 46.2 Å². The number of rotatable bonds is 64. The maximum absolute atomic E-state index is 13.9. The van der Waals surface area contributed by atoms with Crippen LogP contribution >= 0.6 is 0 Å². The van der Waals surface area contributed by atoms with Crippen molar-refractivity contribution in [1.82, 2.24) is 16.0 Å². The molecule has 9 fully saturated rings. The summed E-state index contributed by atoms with van der Waals surface area (Å²) in [5.41, 5.74) is 0. The van der Waals surface area contributed by atoms with Crippen LogP contribution in [0, 0.1) is 0 Å². The molecule has 48 nitrogen and oxygen atoms in total. The Morgan fingerprint density at radius 2 is 0.554 bits per heavy atom. The lowest BCUT2D eigenvalue weighted by Gasteiger charge is -2.53. The molecule has 148 heavy (non-hydrogen) atoms. The summed E-state index contributed by atoms with van der Waals surface area (Å²) < 4.78 is 111. The quantitative estimate of drug-likeness (QED) is 0.0207. The number of aliphatic hydroxyl groups excluding tert-OH is 24. The van der Waals surface area contributed by atoms with Crippen molar-refractivity contribution in [2.24, 2.45) is 0 Å². The van der Waals surface area contributed by atoms with Gasteiger partial charge in [0.15, 0.2) is 56.6 Å². The van der Waals surface area contributed by atoms with Crippen LogP contribution < -0.4 is 16.0 Å². The third-order valence-corrected chi connectivity index (χ3v) is 29.5. The van der Waals surface area contributed by atoms with Crippen LogP contribution in [0.2, 0.25) is 0 Å². The third kappa shape index (κ3) is 36.5. The van der Waals surface area contributed by atoms with E-state index in [1.54, 1.807) is 6.08 Å². The number of ether oxygens (including phenoxy) is 18. The van der Waals surface area contributed by atoms with Gasteiger partial charge in [-0.25, -0.2) is 0 Å². The number of amides is 3. The van der Waals surface area contributed by atoms with Crippen molar-refractivity contribution in [3.63, 3.8) is 0 Å². The predicted molar refractivity (Wildman–Crippen MR) is 515 cm³/mol. The SMILES string of the molecule is CCCCCCCCCCCCC/C=C/[C@@H](O)[C@H](CO[C@@H]1OC(CO)[C@@H](O[C@@H]2OC(CO)[C@H](O)[C@H](O[C@@H]3OC(CO)[C@@H](O[C@H]4OC(C)[C@@H](O)C(O)[C@@H]4O)[C@H](O[C@@H]4OC(CO)[C@H](O)[C@H](O[C@@H]5OC(CO)[C@@H](O[C@@H]6OC(CO)[C@H](O)[C@H](O)C6O[C@H]6OC(C)[C@@H](O)C(O)[C@@H]6O)[C@H](O[C@H]6OC(C)[C@@H](O)C(O)[C@@H]6O)C5NC(C)=O)C4O)C3NC(C)=O)C2O)[C@H](O)C1O)NC(=O)CCCCCCCCCCCCCCCCCCCCCCC. The highest BCUT2D eigenvalue weighted by atomic mass is 16.8. The van der Waals surface area contributed by atoms with Gasteiger partial charge in [0.1, 0.15) is 201 Å². The molecule has 0 aromatic heterocycles. The third-order valence-electron chi connectivity index (χ3n) is 29.5. The second-order valence-electron chi connectivity index (χ2n) is 41.2. The Kier molecular flexibility index (Phi) is 56.8. The normalized spacial score (nSPS) is 40.5. The molecule has 0 aromatic carbocycles. The van der Waals surface area contributed by atoms with Gasteiger partial charge in [-0.05, 0) is 40.0 Å². The molecule has 0 bridgehead atoms. The van der Waals surface area contributed by atoms with E-state index in [2.05, 4.69) is 29.8 Å². The first-order chi connectivity index (χ1) is 70.9. The summed E-state index contributed by atoms with van der Waals surface area (Å²) in [6, 6.07) is -5.29. The number of hydrogen-bond donors (Lipinski definition) is 27. The second kappa shape index (κ2) is 65.7. The molecule has 9 rings (SSSR count). The Labute approximate surface area is 865 Å². The van der Waals surface area contributed by atoms with E-state index in [0.29, 0.717) is 12.8 Å². The van der Waals surface area contributed by atoms with E-state index in [0.717, 1.165) is 78.1 Å². The van der Waals surface area contributed by atoms with Crippen LogP contribution in [0.4, 0.5) is 0 Å². The average Bonchev–Trinajstić information content (AvgIpc) is 0.753. The molecule has 864 valence electrons. The van der Waals surface area contributed by atoms with Gasteiger partial charge in [0.05, 0.1) is 76.7 Å². The Balaban J connectivity index is 0.926. The van der Waals surface area contributed by atoms with E-state index in [4.69, 9.17) is 85.3 Å². The summed E-state index contributed by atoms with van der Waals surface area (Å²) in [4.78, 5) is 41.4. The molecule has 27 N–H and O–H groups in total. The van der Waals surface area contributed by atoms with E-state index in [9.17, 15) is 137 Å². The van der Waals surface area contributed by atoms with E-state index in [1.807, 2.05) is 6.08 Å². The van der Waals surface area contributed by atoms with Gasteiger partial charge in [-0.2, -0.15) is 0 Å². The predicted octanol–water partition coefficient (Wildman–Crippen LogP) is -3.53. The number of aliphatic hydroxyl groups is 24. The molecule has 18 unspecified atom stereocenters. The van der Waals surface area contributed by atoms with Crippen LogP contribution in [-0.4, -0.2) is 475 Å². The van der Waals surface area contributed by atoms with Gasteiger partial charge in [0, 0.05) is 20.3 Å². The van der Waals surface area contributed by atoms with Gasteiger partial charge in [-0.3, -0.25) is 14.4 Å². The lowest BCUT2D eigenvalue weighted by Crippen LogP contribution is -2.72. The highest BCUT2D eigenvalue weighted by Gasteiger charge is 2.63. The van der Waals surface area contributed by atoms with E-state index in [1.165, 1.54) is 156 Å². The molecular formula is C100H179N3O45. The topological polar surface area (TPSA) is 739 Å². The zero-order valence-corrected chi connectivity index (χ0v) is 86.6. The van der Waals surface area contributed by atoms with Crippen molar-refractivity contribution >= 4 is 17.7 Å². The van der Waals surface area contributed by atoms with E-state index in [-0.39, 0.29) is 12.3 Å². The number of carbonyl (C=O) groups is 3. The van der Waals surface area contributed by atoms with Crippen molar-refractivity contribution in [1.29, 1.82) is 0 Å². The molecule has 0 spiro atoms. The molecule has 0 aromatic rings. The van der Waals surface area contributed by atoms with Crippen LogP contribution in [0.3, 0.4) is 0 Å². The van der Waals surface area contributed by atoms with Crippen molar-refractivity contribution in [2.45, 2.75) is 555 Å². The number of carbonyl (C=O) groups excluding carboxylic acids is 3. The van der Waals surface area contributed by atoms with Crippen molar-refractivity contribution < 1.29 is 222 Å². The Hall–Kier alpha value is -3.53. The minimum Gasteiger partial charge on any atom is -0.394 e. The number of unbranched alkanes of at least 4 members (excludes halogenated alkanes) is 31. The van der Waals surface area contributed by atoms with Crippen molar-refractivity contribution in [3.8, 4) is 0 Å². The average molecular weight is 2140 g/mol. The lowest BCUT2D eigenvalue weighted by molar-refractivity contribution is -0.404. The fraction of sp³-hybridized carbons (Fsp3) is 0.950. The molecule has 9 aliphatic rings. The number of hydrogen-bond acceptors (Lipinski definition) is 45. The molecular weight excluding hydrogens is 1960 g/mol. The maximum Gasteiger partial charge on any atom is 0.220 e. The highest BCUT2D eigenvalue weighted by molar-refractivity contribution is 5.76. The Morgan fingerprint density at radius 1 is 0.277 bits per heavy atom. The van der Waals surface area contributed by atoms with Crippen LogP contribution in [0.25, 0.3) is 0 Å².